The Balaban J connectivity index is 1.73. The lowest BCUT2D eigenvalue weighted by Crippen LogP contribution is -2.29. The number of piperidine rings is 1. The van der Waals surface area contributed by atoms with E-state index in [1.807, 2.05) is 12.1 Å². The van der Waals surface area contributed by atoms with Crippen LogP contribution in [0.25, 0.3) is 0 Å². The van der Waals surface area contributed by atoms with Gasteiger partial charge in [0.25, 0.3) is 10.0 Å². The normalized spacial score (nSPS) is 15.4. The van der Waals surface area contributed by atoms with Gasteiger partial charge >= 0.3 is 0 Å². The third kappa shape index (κ3) is 3.82. The van der Waals surface area contributed by atoms with Crippen molar-refractivity contribution in [2.75, 3.05) is 22.7 Å². The standard InChI is InChI=1S/C17H19FN2O2S/c18-14-4-10-17(11-5-14)23(21,22)19-15-6-8-16(9-7-15)20-12-2-1-3-13-20/h4-11,19H,1-3,12-13H2. The summed E-state index contributed by atoms with van der Waals surface area (Å²) in [5.74, 6) is -0.463. The van der Waals surface area contributed by atoms with Gasteiger partial charge in [0.1, 0.15) is 5.82 Å². The highest BCUT2D eigenvalue weighted by Crippen LogP contribution is 2.23. The van der Waals surface area contributed by atoms with E-state index in [1.54, 1.807) is 12.1 Å². The predicted octanol–water partition coefficient (Wildman–Crippen LogP) is 3.62. The molecule has 3 rings (SSSR count). The number of anilines is 2. The van der Waals surface area contributed by atoms with Crippen LogP contribution in [0, 0.1) is 5.82 Å². The first-order valence-corrected chi connectivity index (χ1v) is 9.16. The second-order valence-electron chi connectivity index (χ2n) is 5.65. The predicted molar refractivity (Wildman–Crippen MR) is 89.7 cm³/mol. The van der Waals surface area contributed by atoms with Gasteiger partial charge in [-0.3, -0.25) is 4.72 Å². The van der Waals surface area contributed by atoms with Crippen LogP contribution in [0.5, 0.6) is 0 Å². The highest BCUT2D eigenvalue weighted by atomic mass is 32.2. The quantitative estimate of drug-likeness (QED) is 0.929. The Hall–Kier alpha value is -2.08. The molecule has 0 aliphatic carbocycles. The van der Waals surface area contributed by atoms with Crippen LogP contribution in [0.4, 0.5) is 15.8 Å². The van der Waals surface area contributed by atoms with Crippen molar-refractivity contribution in [3.8, 4) is 0 Å². The number of nitrogens with one attached hydrogen (secondary N) is 1. The lowest BCUT2D eigenvalue weighted by molar-refractivity contribution is 0.578. The second kappa shape index (κ2) is 6.58. The lowest BCUT2D eigenvalue weighted by atomic mass is 10.1. The van der Waals surface area contributed by atoms with E-state index in [2.05, 4.69) is 9.62 Å². The van der Waals surface area contributed by atoms with Gasteiger partial charge in [-0.05, 0) is 67.8 Å². The minimum absolute atomic E-state index is 0.0407. The van der Waals surface area contributed by atoms with E-state index in [4.69, 9.17) is 0 Å². The van der Waals surface area contributed by atoms with Gasteiger partial charge in [-0.1, -0.05) is 0 Å². The Morgan fingerprint density at radius 2 is 1.48 bits per heavy atom. The van der Waals surface area contributed by atoms with Crippen LogP contribution in [0.2, 0.25) is 0 Å². The van der Waals surface area contributed by atoms with Gasteiger partial charge in [-0.15, -0.1) is 0 Å². The molecule has 0 unspecified atom stereocenters. The SMILES string of the molecule is O=S(=O)(Nc1ccc(N2CCCCC2)cc1)c1ccc(F)cc1. The number of hydrogen-bond donors (Lipinski definition) is 1. The molecule has 1 aliphatic heterocycles. The highest BCUT2D eigenvalue weighted by Gasteiger charge is 2.15. The van der Waals surface area contributed by atoms with Crippen molar-refractivity contribution in [2.24, 2.45) is 0 Å². The molecule has 1 heterocycles. The Morgan fingerprint density at radius 3 is 2.09 bits per heavy atom. The van der Waals surface area contributed by atoms with E-state index in [-0.39, 0.29) is 4.90 Å². The number of sulfonamides is 1. The third-order valence-electron chi connectivity index (χ3n) is 3.96. The first-order chi connectivity index (χ1) is 11.0. The highest BCUT2D eigenvalue weighted by molar-refractivity contribution is 7.92. The van der Waals surface area contributed by atoms with E-state index in [9.17, 15) is 12.8 Å². The Morgan fingerprint density at radius 1 is 0.870 bits per heavy atom. The summed E-state index contributed by atoms with van der Waals surface area (Å²) in [6.45, 7) is 2.08. The van der Waals surface area contributed by atoms with E-state index in [1.165, 1.54) is 31.4 Å². The Bertz CT molecular complexity index is 752. The fraction of sp³-hybridized carbons (Fsp3) is 0.294. The Kier molecular flexibility index (Phi) is 4.52. The molecule has 0 aromatic heterocycles. The molecule has 0 radical (unpaired) electrons. The molecule has 0 amide bonds. The number of hydrogen-bond acceptors (Lipinski definition) is 3. The molecule has 1 saturated heterocycles. The van der Waals surface area contributed by atoms with Gasteiger partial charge in [0, 0.05) is 24.5 Å². The summed E-state index contributed by atoms with van der Waals surface area (Å²) in [6.07, 6.45) is 3.66. The van der Waals surface area contributed by atoms with Crippen LogP contribution in [0.3, 0.4) is 0 Å². The third-order valence-corrected chi connectivity index (χ3v) is 5.36. The van der Waals surface area contributed by atoms with Crippen LogP contribution in [0.1, 0.15) is 19.3 Å². The molecule has 1 N–H and O–H groups in total. The second-order valence-corrected chi connectivity index (χ2v) is 7.34. The van der Waals surface area contributed by atoms with Crippen LogP contribution in [-0.4, -0.2) is 21.5 Å². The van der Waals surface area contributed by atoms with Crippen LogP contribution < -0.4 is 9.62 Å². The molecule has 122 valence electrons. The maximum Gasteiger partial charge on any atom is 0.261 e. The summed E-state index contributed by atoms with van der Waals surface area (Å²) in [7, 11) is -3.70. The zero-order valence-corrected chi connectivity index (χ0v) is 13.5. The van der Waals surface area contributed by atoms with Crippen molar-refractivity contribution in [3.63, 3.8) is 0 Å². The molecule has 0 spiro atoms. The maximum atomic E-state index is 12.9. The first kappa shape index (κ1) is 15.8. The molecule has 0 atom stereocenters. The molecule has 1 fully saturated rings. The fourth-order valence-corrected chi connectivity index (χ4v) is 3.78. The molecular formula is C17H19FN2O2S. The summed E-state index contributed by atoms with van der Waals surface area (Å²) in [4.78, 5) is 2.35. The van der Waals surface area contributed by atoms with Gasteiger partial charge < -0.3 is 4.90 Å². The molecule has 2 aromatic rings. The number of nitrogens with zero attached hydrogens (tertiary/aromatic N) is 1. The maximum absolute atomic E-state index is 12.9. The van der Waals surface area contributed by atoms with Crippen LogP contribution >= 0.6 is 0 Å². The Labute approximate surface area is 136 Å². The minimum atomic E-state index is -3.70. The molecule has 2 aromatic carbocycles. The van der Waals surface area contributed by atoms with Gasteiger partial charge in [-0.25, -0.2) is 12.8 Å². The topological polar surface area (TPSA) is 49.4 Å². The summed E-state index contributed by atoms with van der Waals surface area (Å²) in [5.41, 5.74) is 1.60. The lowest BCUT2D eigenvalue weighted by Gasteiger charge is -2.28. The van der Waals surface area contributed by atoms with Gasteiger partial charge in [-0.2, -0.15) is 0 Å². The molecule has 0 bridgehead atoms. The minimum Gasteiger partial charge on any atom is -0.372 e. The smallest absolute Gasteiger partial charge is 0.261 e. The van der Waals surface area contributed by atoms with Gasteiger partial charge in [0.15, 0.2) is 0 Å². The largest absolute Gasteiger partial charge is 0.372 e. The molecule has 4 nitrogen and oxygen atoms in total. The molecule has 23 heavy (non-hydrogen) atoms. The molecule has 0 saturated carbocycles. The van der Waals surface area contributed by atoms with Crippen LogP contribution in [-0.2, 0) is 10.0 Å². The van der Waals surface area contributed by atoms with E-state index in [0.29, 0.717) is 5.69 Å². The first-order valence-electron chi connectivity index (χ1n) is 7.68. The zero-order valence-electron chi connectivity index (χ0n) is 12.7. The molecule has 6 heteroatoms. The van der Waals surface area contributed by atoms with Crippen molar-refractivity contribution in [3.05, 3.63) is 54.3 Å². The summed E-state index contributed by atoms with van der Waals surface area (Å²) < 4.78 is 39.9. The number of benzene rings is 2. The fourth-order valence-electron chi connectivity index (χ4n) is 2.72. The van der Waals surface area contributed by atoms with Crippen LogP contribution in [0.15, 0.2) is 53.4 Å². The van der Waals surface area contributed by atoms with E-state index < -0.39 is 15.8 Å². The van der Waals surface area contributed by atoms with E-state index in [0.717, 1.165) is 30.9 Å². The average Bonchev–Trinajstić information content (AvgIpc) is 2.56. The summed E-state index contributed by atoms with van der Waals surface area (Å²) in [5, 5.41) is 0. The van der Waals surface area contributed by atoms with E-state index >= 15 is 0 Å². The summed E-state index contributed by atoms with van der Waals surface area (Å²) >= 11 is 0. The average molecular weight is 334 g/mol. The monoisotopic (exact) mass is 334 g/mol. The van der Waals surface area contributed by atoms with Crippen molar-refractivity contribution in [1.82, 2.24) is 0 Å². The molecule has 1 aliphatic rings. The van der Waals surface area contributed by atoms with Crippen molar-refractivity contribution < 1.29 is 12.8 Å². The summed E-state index contributed by atoms with van der Waals surface area (Å²) in [6, 6.07) is 12.1. The zero-order chi connectivity index (χ0) is 16.3. The van der Waals surface area contributed by atoms with Crippen molar-refractivity contribution in [1.29, 1.82) is 0 Å². The van der Waals surface area contributed by atoms with Crippen molar-refractivity contribution in [2.45, 2.75) is 24.2 Å². The van der Waals surface area contributed by atoms with Crippen molar-refractivity contribution >= 4 is 21.4 Å². The van der Waals surface area contributed by atoms with Gasteiger partial charge in [0.2, 0.25) is 0 Å². The number of halogens is 1. The van der Waals surface area contributed by atoms with Gasteiger partial charge in [0.05, 0.1) is 4.90 Å². The number of rotatable bonds is 4. The molecular weight excluding hydrogens is 315 g/mol.